The van der Waals surface area contributed by atoms with Gasteiger partial charge in [0, 0.05) is 12.6 Å². The fraction of sp³-hybridized carbons (Fsp3) is 0.562. The molecule has 0 saturated heterocycles. The van der Waals surface area contributed by atoms with Crippen LogP contribution < -0.4 is 5.32 Å². The third kappa shape index (κ3) is 17.1. The highest BCUT2D eigenvalue weighted by molar-refractivity contribution is 5.93. The van der Waals surface area contributed by atoms with Crippen molar-refractivity contribution in [3.8, 4) is 0 Å². The maximum absolute atomic E-state index is 10.9. The lowest BCUT2D eigenvalue weighted by Crippen LogP contribution is -2.17. The van der Waals surface area contributed by atoms with Crippen LogP contribution in [-0.2, 0) is 0 Å². The van der Waals surface area contributed by atoms with Crippen LogP contribution in [0.5, 0.6) is 0 Å². The van der Waals surface area contributed by atoms with Crippen LogP contribution in [0.2, 0.25) is 0 Å². The molecule has 1 aromatic carbocycles. The second-order valence-corrected chi connectivity index (χ2v) is 3.68. The molecule has 0 spiro atoms. The number of carbonyl (C=O) groups is 1. The number of hydrogen-bond acceptors (Lipinski definition) is 1. The number of rotatable bonds is 1. The third-order valence-electron chi connectivity index (χ3n) is 1.26. The second-order valence-electron chi connectivity index (χ2n) is 3.68. The Hall–Kier alpha value is -1.31. The van der Waals surface area contributed by atoms with Gasteiger partial charge < -0.3 is 5.32 Å². The summed E-state index contributed by atoms with van der Waals surface area (Å²) in [5.41, 5.74) is 0.699. The van der Waals surface area contributed by atoms with Crippen LogP contribution >= 0.6 is 0 Å². The number of hydrogen-bond donors (Lipinski definition) is 1. The zero-order chi connectivity index (χ0) is 15.0. The molecule has 0 unspecified atom stereocenters. The van der Waals surface area contributed by atoms with E-state index in [0.717, 1.165) is 5.92 Å². The average molecular weight is 253 g/mol. The van der Waals surface area contributed by atoms with Gasteiger partial charge in [-0.1, -0.05) is 66.7 Å². The highest BCUT2D eigenvalue weighted by Crippen LogP contribution is 1.96. The molecule has 1 N–H and O–H groups in total. The van der Waals surface area contributed by atoms with Crippen molar-refractivity contribution in [3.05, 3.63) is 35.9 Å². The molecule has 18 heavy (non-hydrogen) atoms. The Morgan fingerprint density at radius 2 is 1.28 bits per heavy atom. The maximum Gasteiger partial charge on any atom is 0.251 e. The summed E-state index contributed by atoms with van der Waals surface area (Å²) < 4.78 is 0. The molecular weight excluding hydrogens is 222 g/mol. The zero-order valence-electron chi connectivity index (χ0n) is 13.4. The molecule has 1 rings (SSSR count). The Labute approximate surface area is 114 Å². The first-order valence-corrected chi connectivity index (χ1v) is 6.85. The van der Waals surface area contributed by atoms with Crippen LogP contribution in [0, 0.1) is 5.92 Å². The van der Waals surface area contributed by atoms with E-state index in [2.05, 4.69) is 26.1 Å². The molecule has 0 radical (unpaired) electrons. The molecule has 0 heterocycles. The van der Waals surface area contributed by atoms with Crippen LogP contribution in [0.1, 0.15) is 58.8 Å². The van der Waals surface area contributed by atoms with Crippen LogP contribution in [0.3, 0.4) is 0 Å². The van der Waals surface area contributed by atoms with Gasteiger partial charge in [-0.2, -0.15) is 0 Å². The molecule has 0 aliphatic rings. The van der Waals surface area contributed by atoms with Gasteiger partial charge in [0.05, 0.1) is 0 Å². The maximum atomic E-state index is 10.9. The van der Waals surface area contributed by atoms with E-state index in [-0.39, 0.29) is 5.91 Å². The normalized spacial score (nSPS) is 7.61. The minimum atomic E-state index is -0.0411. The largest absolute Gasteiger partial charge is 0.355 e. The molecule has 2 nitrogen and oxygen atoms in total. The first kappa shape index (κ1) is 21.9. The average Bonchev–Trinajstić information content (AvgIpc) is 2.43. The Bertz CT molecular complexity index is 252. The summed E-state index contributed by atoms with van der Waals surface area (Å²) >= 11 is 0. The van der Waals surface area contributed by atoms with Gasteiger partial charge in [0.15, 0.2) is 0 Å². The van der Waals surface area contributed by atoms with E-state index in [4.69, 9.17) is 0 Å². The van der Waals surface area contributed by atoms with Crippen molar-refractivity contribution >= 4 is 5.91 Å². The monoisotopic (exact) mass is 253 g/mol. The standard InChI is InChI=1S/C8H9NO.C4H10.2C2H6/c1-9-8(10)7-5-3-2-4-6-7;1-4(2)3;2*1-2/h2-6H,1H3,(H,9,10);4H,1-3H3;2*1-2H3. The third-order valence-corrected chi connectivity index (χ3v) is 1.26. The van der Waals surface area contributed by atoms with Crippen LogP contribution in [0.4, 0.5) is 0 Å². The minimum absolute atomic E-state index is 0.0411. The molecule has 2 heteroatoms. The Morgan fingerprint density at radius 1 is 0.944 bits per heavy atom. The summed E-state index contributed by atoms with van der Waals surface area (Å²) in [7, 11) is 1.62. The zero-order valence-corrected chi connectivity index (χ0v) is 13.4. The van der Waals surface area contributed by atoms with Gasteiger partial charge in [-0.25, -0.2) is 0 Å². The lowest BCUT2D eigenvalue weighted by atomic mass is 10.2. The smallest absolute Gasteiger partial charge is 0.251 e. The Kier molecular flexibility index (Phi) is 22.0. The first-order chi connectivity index (χ1) is 8.57. The summed E-state index contributed by atoms with van der Waals surface area (Å²) in [6.45, 7) is 14.5. The first-order valence-electron chi connectivity index (χ1n) is 6.85. The molecule has 0 saturated carbocycles. The number of carbonyl (C=O) groups excluding carboxylic acids is 1. The van der Waals surface area contributed by atoms with E-state index >= 15 is 0 Å². The number of nitrogens with one attached hydrogen (secondary N) is 1. The summed E-state index contributed by atoms with van der Waals surface area (Å²) in [5, 5.41) is 2.54. The van der Waals surface area contributed by atoms with Crippen molar-refractivity contribution < 1.29 is 4.79 Å². The fourth-order valence-electron chi connectivity index (χ4n) is 0.734. The van der Waals surface area contributed by atoms with Gasteiger partial charge >= 0.3 is 0 Å². The van der Waals surface area contributed by atoms with E-state index in [1.54, 1.807) is 19.2 Å². The molecule has 0 fully saturated rings. The minimum Gasteiger partial charge on any atom is -0.355 e. The number of amides is 1. The molecule has 1 amide bonds. The van der Waals surface area contributed by atoms with Crippen LogP contribution in [0.15, 0.2) is 30.3 Å². The van der Waals surface area contributed by atoms with Gasteiger partial charge in [-0.3, -0.25) is 4.79 Å². The summed E-state index contributed by atoms with van der Waals surface area (Å²) in [4.78, 5) is 10.9. The van der Waals surface area contributed by atoms with Crippen molar-refractivity contribution in [2.45, 2.75) is 48.5 Å². The highest BCUT2D eigenvalue weighted by atomic mass is 16.1. The SMILES string of the molecule is CC.CC.CC(C)C.CNC(=O)c1ccccc1. The van der Waals surface area contributed by atoms with Crippen LogP contribution in [-0.4, -0.2) is 13.0 Å². The molecule has 0 atom stereocenters. The molecule has 0 aliphatic heterocycles. The van der Waals surface area contributed by atoms with Gasteiger partial charge in [-0.15, -0.1) is 0 Å². The summed E-state index contributed by atoms with van der Waals surface area (Å²) in [5.74, 6) is 0.792. The lowest BCUT2D eigenvalue weighted by Gasteiger charge is -1.96. The highest BCUT2D eigenvalue weighted by Gasteiger charge is 1.97. The van der Waals surface area contributed by atoms with Crippen molar-refractivity contribution in [1.82, 2.24) is 5.32 Å². The topological polar surface area (TPSA) is 29.1 Å². The summed E-state index contributed by atoms with van der Waals surface area (Å²) in [6.07, 6.45) is 0. The Balaban J connectivity index is -0.000000238. The van der Waals surface area contributed by atoms with Gasteiger partial charge in [0.25, 0.3) is 5.91 Å². The van der Waals surface area contributed by atoms with Gasteiger partial charge in [0.2, 0.25) is 0 Å². The van der Waals surface area contributed by atoms with Crippen molar-refractivity contribution in [2.24, 2.45) is 5.92 Å². The fourth-order valence-corrected chi connectivity index (χ4v) is 0.734. The second kappa shape index (κ2) is 18.1. The van der Waals surface area contributed by atoms with E-state index in [1.165, 1.54) is 0 Å². The predicted octanol–water partition coefficient (Wildman–Crippen LogP) is 4.76. The molecular formula is C16H31NO. The molecule has 1 aromatic rings. The Morgan fingerprint density at radius 3 is 1.56 bits per heavy atom. The van der Waals surface area contributed by atoms with E-state index in [9.17, 15) is 4.79 Å². The van der Waals surface area contributed by atoms with Crippen molar-refractivity contribution in [2.75, 3.05) is 7.05 Å². The molecule has 0 aromatic heterocycles. The molecule has 106 valence electrons. The lowest BCUT2D eigenvalue weighted by molar-refractivity contribution is 0.0963. The summed E-state index contributed by atoms with van der Waals surface area (Å²) in [6, 6.07) is 9.11. The number of benzene rings is 1. The van der Waals surface area contributed by atoms with Gasteiger partial charge in [-0.05, 0) is 18.1 Å². The van der Waals surface area contributed by atoms with E-state index < -0.39 is 0 Å². The van der Waals surface area contributed by atoms with E-state index in [0.29, 0.717) is 5.56 Å². The molecule has 0 aliphatic carbocycles. The predicted molar refractivity (Wildman–Crippen MR) is 83.0 cm³/mol. The molecule has 0 bridgehead atoms. The van der Waals surface area contributed by atoms with Crippen LogP contribution in [0.25, 0.3) is 0 Å². The van der Waals surface area contributed by atoms with Gasteiger partial charge in [0.1, 0.15) is 0 Å². The van der Waals surface area contributed by atoms with Crippen molar-refractivity contribution in [3.63, 3.8) is 0 Å². The van der Waals surface area contributed by atoms with E-state index in [1.807, 2.05) is 45.9 Å². The van der Waals surface area contributed by atoms with Crippen molar-refractivity contribution in [1.29, 1.82) is 0 Å². The quantitative estimate of drug-likeness (QED) is 0.768.